The Morgan fingerprint density at radius 3 is 2.38 bits per heavy atom. The Hall–Kier alpha value is -1.71. The first-order valence-electron chi connectivity index (χ1n) is 7.46. The van der Waals surface area contributed by atoms with Crippen molar-refractivity contribution in [2.75, 3.05) is 19.7 Å². The maximum atomic E-state index is 11.2. The number of benzene rings is 2. The van der Waals surface area contributed by atoms with Crippen molar-refractivity contribution in [3.8, 4) is 5.75 Å². The molecule has 0 heterocycles. The van der Waals surface area contributed by atoms with Crippen LogP contribution in [-0.4, -0.2) is 59.4 Å². The summed E-state index contributed by atoms with van der Waals surface area (Å²) >= 11 is 0. The highest BCUT2D eigenvalue weighted by molar-refractivity contribution is 7.83. The molecule has 2 aromatic carbocycles. The van der Waals surface area contributed by atoms with Crippen molar-refractivity contribution < 1.29 is 27.9 Å². The monoisotopic (exact) mass is 355 g/mol. The molecule has 0 unspecified atom stereocenters. The van der Waals surface area contributed by atoms with Crippen LogP contribution in [0.4, 0.5) is 0 Å². The minimum Gasteiger partial charge on any atom is -0.491 e. The SMILES string of the molecule is C[C@@H](O)CN(C[C@H](O)COc1ccc2ccccc2c1)S(=O)(=O)O. The van der Waals surface area contributed by atoms with E-state index < -0.39 is 22.5 Å². The van der Waals surface area contributed by atoms with E-state index in [0.717, 1.165) is 10.8 Å². The van der Waals surface area contributed by atoms with E-state index in [9.17, 15) is 18.6 Å². The number of aliphatic hydroxyl groups excluding tert-OH is 2. The molecule has 0 saturated heterocycles. The van der Waals surface area contributed by atoms with Crippen LogP contribution >= 0.6 is 0 Å². The van der Waals surface area contributed by atoms with E-state index in [-0.39, 0.29) is 19.7 Å². The number of hydrogen-bond acceptors (Lipinski definition) is 5. The summed E-state index contributed by atoms with van der Waals surface area (Å²) in [6.45, 7) is 0.545. The first kappa shape index (κ1) is 18.6. The molecule has 0 aliphatic rings. The van der Waals surface area contributed by atoms with Crippen LogP contribution in [0.25, 0.3) is 10.8 Å². The standard InChI is InChI=1S/C16H21NO6S/c1-12(18)9-17(24(20,21)22)10-15(19)11-23-16-7-6-13-4-2-3-5-14(13)8-16/h2-8,12,15,18-19H,9-11H2,1H3,(H,20,21,22)/t12-,15+/m1/s1. The van der Waals surface area contributed by atoms with Crippen molar-refractivity contribution in [1.82, 2.24) is 4.31 Å². The number of ether oxygens (including phenoxy) is 1. The average molecular weight is 355 g/mol. The highest BCUT2D eigenvalue weighted by Crippen LogP contribution is 2.20. The number of fused-ring (bicyclic) bond motifs is 1. The van der Waals surface area contributed by atoms with Crippen LogP contribution in [0.5, 0.6) is 5.75 Å². The lowest BCUT2D eigenvalue weighted by molar-refractivity contribution is 0.0745. The van der Waals surface area contributed by atoms with Gasteiger partial charge >= 0.3 is 10.3 Å². The fourth-order valence-electron chi connectivity index (χ4n) is 2.29. The van der Waals surface area contributed by atoms with Gasteiger partial charge < -0.3 is 14.9 Å². The third kappa shape index (κ3) is 5.43. The minimum absolute atomic E-state index is 0.149. The van der Waals surface area contributed by atoms with Gasteiger partial charge in [-0.2, -0.15) is 12.7 Å². The molecule has 0 bridgehead atoms. The molecule has 8 heteroatoms. The van der Waals surface area contributed by atoms with E-state index in [1.54, 1.807) is 6.07 Å². The fourth-order valence-corrected chi connectivity index (χ4v) is 3.06. The van der Waals surface area contributed by atoms with Crippen LogP contribution in [-0.2, 0) is 10.3 Å². The zero-order valence-corrected chi connectivity index (χ0v) is 14.1. The van der Waals surface area contributed by atoms with Crippen LogP contribution in [0.2, 0.25) is 0 Å². The first-order valence-corrected chi connectivity index (χ1v) is 8.85. The van der Waals surface area contributed by atoms with E-state index >= 15 is 0 Å². The minimum atomic E-state index is -4.51. The van der Waals surface area contributed by atoms with Gasteiger partial charge in [0.1, 0.15) is 18.5 Å². The second kappa shape index (κ2) is 7.91. The van der Waals surface area contributed by atoms with E-state index in [1.807, 2.05) is 36.4 Å². The van der Waals surface area contributed by atoms with Crippen LogP contribution < -0.4 is 4.74 Å². The Balaban J connectivity index is 1.96. The molecule has 132 valence electrons. The van der Waals surface area contributed by atoms with Gasteiger partial charge in [0.2, 0.25) is 0 Å². The molecule has 0 saturated carbocycles. The summed E-state index contributed by atoms with van der Waals surface area (Å²) in [5.74, 6) is 0.543. The summed E-state index contributed by atoms with van der Waals surface area (Å²) in [6, 6.07) is 13.2. The lowest BCUT2D eigenvalue weighted by Crippen LogP contribution is -2.42. The summed E-state index contributed by atoms with van der Waals surface area (Å²) in [5, 5.41) is 21.3. The summed E-state index contributed by atoms with van der Waals surface area (Å²) in [4.78, 5) is 0. The first-order chi connectivity index (χ1) is 11.3. The molecule has 7 nitrogen and oxygen atoms in total. The Kier molecular flexibility index (Phi) is 6.14. The molecule has 2 rings (SSSR count). The summed E-state index contributed by atoms with van der Waals surface area (Å²) in [5.41, 5.74) is 0. The van der Waals surface area contributed by atoms with Gasteiger partial charge in [-0.05, 0) is 29.8 Å². The second-order valence-corrected chi connectivity index (χ2v) is 7.03. The van der Waals surface area contributed by atoms with Crippen molar-refractivity contribution in [2.24, 2.45) is 0 Å². The summed E-state index contributed by atoms with van der Waals surface area (Å²) in [7, 11) is -4.51. The summed E-state index contributed by atoms with van der Waals surface area (Å²) in [6.07, 6.45) is -2.13. The van der Waals surface area contributed by atoms with Crippen LogP contribution in [0.1, 0.15) is 6.92 Å². The van der Waals surface area contributed by atoms with Crippen molar-refractivity contribution >= 4 is 21.1 Å². The number of hydrogen-bond donors (Lipinski definition) is 3. The third-order valence-electron chi connectivity index (χ3n) is 3.37. The van der Waals surface area contributed by atoms with Gasteiger partial charge in [-0.1, -0.05) is 30.3 Å². The topological polar surface area (TPSA) is 107 Å². The van der Waals surface area contributed by atoms with Crippen LogP contribution in [0, 0.1) is 0 Å². The second-order valence-electron chi connectivity index (χ2n) is 5.62. The Morgan fingerprint density at radius 1 is 1.08 bits per heavy atom. The van der Waals surface area contributed by atoms with Crippen LogP contribution in [0.15, 0.2) is 42.5 Å². The van der Waals surface area contributed by atoms with Gasteiger partial charge in [0.15, 0.2) is 0 Å². The maximum Gasteiger partial charge on any atom is 0.336 e. The van der Waals surface area contributed by atoms with E-state index in [4.69, 9.17) is 9.29 Å². The van der Waals surface area contributed by atoms with Gasteiger partial charge in [-0.15, -0.1) is 0 Å². The predicted octanol–water partition coefficient (Wildman–Crippen LogP) is 1.07. The zero-order valence-electron chi connectivity index (χ0n) is 13.2. The molecule has 0 spiro atoms. The molecular weight excluding hydrogens is 334 g/mol. The molecule has 0 radical (unpaired) electrons. The number of rotatable bonds is 8. The van der Waals surface area contributed by atoms with Gasteiger partial charge in [0.25, 0.3) is 0 Å². The van der Waals surface area contributed by atoms with E-state index in [2.05, 4.69) is 0 Å². The quantitative estimate of drug-likeness (QED) is 0.611. The summed E-state index contributed by atoms with van der Waals surface area (Å²) < 4.78 is 37.7. The van der Waals surface area contributed by atoms with E-state index in [1.165, 1.54) is 6.92 Å². The van der Waals surface area contributed by atoms with Gasteiger partial charge in [0.05, 0.1) is 6.10 Å². The molecule has 0 amide bonds. The molecule has 0 fully saturated rings. The highest BCUT2D eigenvalue weighted by atomic mass is 32.2. The molecule has 24 heavy (non-hydrogen) atoms. The van der Waals surface area contributed by atoms with Crippen molar-refractivity contribution in [3.05, 3.63) is 42.5 Å². The van der Waals surface area contributed by atoms with Gasteiger partial charge in [-0.25, -0.2) is 0 Å². The zero-order chi connectivity index (χ0) is 17.7. The molecule has 2 aromatic rings. The number of aliphatic hydroxyl groups is 2. The molecule has 0 aliphatic carbocycles. The predicted molar refractivity (Wildman–Crippen MR) is 90.3 cm³/mol. The van der Waals surface area contributed by atoms with Crippen LogP contribution in [0.3, 0.4) is 0 Å². The molecule has 3 N–H and O–H groups in total. The lowest BCUT2D eigenvalue weighted by Gasteiger charge is -2.23. The van der Waals surface area contributed by atoms with Gasteiger partial charge in [0, 0.05) is 13.1 Å². The molecule has 0 aliphatic heterocycles. The smallest absolute Gasteiger partial charge is 0.336 e. The normalized spacial score (nSPS) is 14.7. The van der Waals surface area contributed by atoms with Crippen molar-refractivity contribution in [2.45, 2.75) is 19.1 Å². The fraction of sp³-hybridized carbons (Fsp3) is 0.375. The molecule has 0 aromatic heterocycles. The van der Waals surface area contributed by atoms with Crippen molar-refractivity contribution in [1.29, 1.82) is 0 Å². The molecule has 2 atom stereocenters. The average Bonchev–Trinajstić information content (AvgIpc) is 2.51. The Bertz CT molecular complexity index is 777. The lowest BCUT2D eigenvalue weighted by atomic mass is 10.1. The maximum absolute atomic E-state index is 11.2. The highest BCUT2D eigenvalue weighted by Gasteiger charge is 2.24. The largest absolute Gasteiger partial charge is 0.491 e. The molecular formula is C16H21NO6S. The van der Waals surface area contributed by atoms with E-state index in [0.29, 0.717) is 10.1 Å². The van der Waals surface area contributed by atoms with Crippen molar-refractivity contribution in [3.63, 3.8) is 0 Å². The third-order valence-corrected chi connectivity index (χ3v) is 4.32. The Labute approximate surface area is 141 Å². The van der Waals surface area contributed by atoms with Gasteiger partial charge in [-0.3, -0.25) is 4.55 Å². The Morgan fingerprint density at radius 2 is 1.75 bits per heavy atom. The number of nitrogens with zero attached hydrogens (tertiary/aromatic N) is 1.